The Labute approximate surface area is 88.8 Å². The summed E-state index contributed by atoms with van der Waals surface area (Å²) >= 11 is 0. The van der Waals surface area contributed by atoms with Crippen molar-refractivity contribution < 1.29 is 0 Å². The Morgan fingerprint density at radius 1 is 1.13 bits per heavy atom. The Bertz CT molecular complexity index is 483. The lowest BCUT2D eigenvalue weighted by atomic mass is 10.1. The first kappa shape index (κ1) is 9.42. The summed E-state index contributed by atoms with van der Waals surface area (Å²) in [6.45, 7) is 0. The van der Waals surface area contributed by atoms with Crippen molar-refractivity contribution in [2.75, 3.05) is 0 Å². The number of aromatic nitrogens is 1. The molecule has 0 N–H and O–H groups in total. The first-order chi connectivity index (χ1) is 7.40. The van der Waals surface area contributed by atoms with Crippen molar-refractivity contribution in [3.05, 3.63) is 54.2 Å². The summed E-state index contributed by atoms with van der Waals surface area (Å²) in [5.74, 6) is 0. The normalized spacial score (nSPS) is 9.53. The van der Waals surface area contributed by atoms with E-state index in [2.05, 4.69) is 11.1 Å². The van der Waals surface area contributed by atoms with Crippen LogP contribution in [0.4, 0.5) is 0 Å². The van der Waals surface area contributed by atoms with E-state index < -0.39 is 0 Å². The van der Waals surface area contributed by atoms with E-state index in [0.29, 0.717) is 6.42 Å². The minimum atomic E-state index is 0.445. The highest BCUT2D eigenvalue weighted by atomic mass is 14.7. The maximum absolute atomic E-state index is 8.62. The van der Waals surface area contributed by atoms with Gasteiger partial charge in [-0.25, -0.2) is 0 Å². The third-order valence-corrected chi connectivity index (χ3v) is 2.17. The average Bonchev–Trinajstić information content (AvgIpc) is 2.31. The molecule has 0 fully saturated rings. The van der Waals surface area contributed by atoms with Crippen LogP contribution in [0.3, 0.4) is 0 Å². The van der Waals surface area contributed by atoms with Crippen LogP contribution in [-0.4, -0.2) is 4.98 Å². The third-order valence-electron chi connectivity index (χ3n) is 2.17. The molecule has 2 aromatic rings. The second-order valence-corrected chi connectivity index (χ2v) is 3.25. The number of hydrogen-bond donors (Lipinski definition) is 0. The zero-order chi connectivity index (χ0) is 10.5. The number of hydrogen-bond acceptors (Lipinski definition) is 2. The van der Waals surface area contributed by atoms with Gasteiger partial charge in [-0.05, 0) is 23.8 Å². The van der Waals surface area contributed by atoms with Crippen LogP contribution in [0.25, 0.3) is 11.3 Å². The third kappa shape index (κ3) is 2.21. The van der Waals surface area contributed by atoms with Crippen LogP contribution in [0.1, 0.15) is 5.56 Å². The second kappa shape index (κ2) is 4.39. The monoisotopic (exact) mass is 194 g/mol. The SMILES string of the molecule is N#CCc1cccc(-c2ccccn2)c1. The van der Waals surface area contributed by atoms with Crippen LogP contribution in [0.2, 0.25) is 0 Å². The Morgan fingerprint density at radius 2 is 2.07 bits per heavy atom. The molecule has 0 atom stereocenters. The molecule has 0 bridgehead atoms. The number of pyridine rings is 1. The second-order valence-electron chi connectivity index (χ2n) is 3.25. The molecule has 0 unspecified atom stereocenters. The molecule has 72 valence electrons. The van der Waals surface area contributed by atoms with Gasteiger partial charge in [0.05, 0.1) is 18.2 Å². The lowest BCUT2D eigenvalue weighted by Gasteiger charge is -2.01. The number of benzene rings is 1. The molecule has 0 aliphatic carbocycles. The molecule has 1 aromatic heterocycles. The lowest BCUT2D eigenvalue weighted by Crippen LogP contribution is -1.85. The van der Waals surface area contributed by atoms with E-state index in [1.165, 1.54) is 0 Å². The fraction of sp³-hybridized carbons (Fsp3) is 0.0769. The van der Waals surface area contributed by atoms with Crippen LogP contribution in [-0.2, 0) is 6.42 Å². The van der Waals surface area contributed by atoms with E-state index in [4.69, 9.17) is 5.26 Å². The summed E-state index contributed by atoms with van der Waals surface area (Å²) in [7, 11) is 0. The summed E-state index contributed by atoms with van der Waals surface area (Å²) in [5, 5.41) is 8.62. The van der Waals surface area contributed by atoms with Gasteiger partial charge in [-0.2, -0.15) is 5.26 Å². The standard InChI is InChI=1S/C13H10N2/c14-8-7-11-4-3-5-12(10-11)13-6-1-2-9-15-13/h1-6,9-10H,7H2. The van der Waals surface area contributed by atoms with Gasteiger partial charge in [0, 0.05) is 11.8 Å². The molecular weight excluding hydrogens is 184 g/mol. The zero-order valence-corrected chi connectivity index (χ0v) is 8.22. The van der Waals surface area contributed by atoms with Crippen LogP contribution in [0.5, 0.6) is 0 Å². The van der Waals surface area contributed by atoms with E-state index in [0.717, 1.165) is 16.8 Å². The smallest absolute Gasteiger partial charge is 0.0702 e. The van der Waals surface area contributed by atoms with Gasteiger partial charge in [-0.3, -0.25) is 4.98 Å². The van der Waals surface area contributed by atoms with Crippen molar-refractivity contribution in [1.29, 1.82) is 5.26 Å². The molecule has 2 nitrogen and oxygen atoms in total. The lowest BCUT2D eigenvalue weighted by molar-refractivity contribution is 1.25. The quantitative estimate of drug-likeness (QED) is 0.737. The molecular formula is C13H10N2. The van der Waals surface area contributed by atoms with Crippen molar-refractivity contribution in [2.45, 2.75) is 6.42 Å². The van der Waals surface area contributed by atoms with Gasteiger partial charge in [0.15, 0.2) is 0 Å². The van der Waals surface area contributed by atoms with Crippen molar-refractivity contribution in [2.24, 2.45) is 0 Å². The van der Waals surface area contributed by atoms with Gasteiger partial charge in [0.1, 0.15) is 0 Å². The Morgan fingerprint density at radius 3 is 2.80 bits per heavy atom. The zero-order valence-electron chi connectivity index (χ0n) is 8.22. The molecule has 15 heavy (non-hydrogen) atoms. The molecule has 2 heteroatoms. The molecule has 0 aliphatic heterocycles. The van der Waals surface area contributed by atoms with Crippen molar-refractivity contribution in [3.8, 4) is 17.3 Å². The van der Waals surface area contributed by atoms with Gasteiger partial charge in [0.2, 0.25) is 0 Å². The Kier molecular flexibility index (Phi) is 2.75. The van der Waals surface area contributed by atoms with Gasteiger partial charge < -0.3 is 0 Å². The summed E-state index contributed by atoms with van der Waals surface area (Å²) < 4.78 is 0. The van der Waals surface area contributed by atoms with E-state index in [1.807, 2.05) is 42.5 Å². The van der Waals surface area contributed by atoms with Gasteiger partial charge >= 0.3 is 0 Å². The minimum Gasteiger partial charge on any atom is -0.256 e. The van der Waals surface area contributed by atoms with E-state index in [9.17, 15) is 0 Å². The van der Waals surface area contributed by atoms with Crippen LogP contribution in [0, 0.1) is 11.3 Å². The summed E-state index contributed by atoms with van der Waals surface area (Å²) in [6.07, 6.45) is 2.22. The highest BCUT2D eigenvalue weighted by Crippen LogP contribution is 2.17. The maximum Gasteiger partial charge on any atom is 0.0702 e. The molecule has 2 rings (SSSR count). The topological polar surface area (TPSA) is 36.7 Å². The molecule has 0 spiro atoms. The maximum atomic E-state index is 8.62. The van der Waals surface area contributed by atoms with Gasteiger partial charge in [-0.1, -0.05) is 24.3 Å². The van der Waals surface area contributed by atoms with Crippen LogP contribution in [0.15, 0.2) is 48.7 Å². The van der Waals surface area contributed by atoms with Crippen molar-refractivity contribution in [3.63, 3.8) is 0 Å². The van der Waals surface area contributed by atoms with Crippen LogP contribution < -0.4 is 0 Å². The minimum absolute atomic E-state index is 0.445. The molecule has 0 saturated carbocycles. The van der Waals surface area contributed by atoms with Gasteiger partial charge in [0.25, 0.3) is 0 Å². The Hall–Kier alpha value is -2.14. The molecule has 0 amide bonds. The highest BCUT2D eigenvalue weighted by molar-refractivity contribution is 5.59. The molecule has 0 radical (unpaired) electrons. The molecule has 1 aromatic carbocycles. The molecule has 1 heterocycles. The van der Waals surface area contributed by atoms with Crippen molar-refractivity contribution >= 4 is 0 Å². The predicted molar refractivity (Wildman–Crippen MR) is 59.0 cm³/mol. The first-order valence-electron chi connectivity index (χ1n) is 4.77. The fourth-order valence-electron chi connectivity index (χ4n) is 1.47. The molecule has 0 aliphatic rings. The van der Waals surface area contributed by atoms with E-state index in [-0.39, 0.29) is 0 Å². The summed E-state index contributed by atoms with van der Waals surface area (Å²) in [6, 6.07) is 15.9. The number of nitrogens with zero attached hydrogens (tertiary/aromatic N) is 2. The number of nitriles is 1. The number of rotatable bonds is 2. The summed E-state index contributed by atoms with van der Waals surface area (Å²) in [4.78, 5) is 4.27. The van der Waals surface area contributed by atoms with Crippen LogP contribution >= 0.6 is 0 Å². The first-order valence-corrected chi connectivity index (χ1v) is 4.77. The Balaban J connectivity index is 2.38. The van der Waals surface area contributed by atoms with E-state index in [1.54, 1.807) is 6.20 Å². The van der Waals surface area contributed by atoms with E-state index >= 15 is 0 Å². The van der Waals surface area contributed by atoms with Crippen molar-refractivity contribution in [1.82, 2.24) is 4.98 Å². The summed E-state index contributed by atoms with van der Waals surface area (Å²) in [5.41, 5.74) is 3.03. The van der Waals surface area contributed by atoms with Gasteiger partial charge in [-0.15, -0.1) is 0 Å². The molecule has 0 saturated heterocycles. The highest BCUT2D eigenvalue weighted by Gasteiger charge is 1.98. The predicted octanol–water partition coefficient (Wildman–Crippen LogP) is 2.81. The fourth-order valence-corrected chi connectivity index (χ4v) is 1.47. The largest absolute Gasteiger partial charge is 0.256 e. The average molecular weight is 194 g/mol.